The average molecular weight is 238 g/mol. The van der Waals surface area contributed by atoms with Crippen LogP contribution in [0.15, 0.2) is 18.6 Å². The Morgan fingerprint density at radius 1 is 1.35 bits per heavy atom. The first kappa shape index (κ1) is 13.4. The topological polar surface area (TPSA) is 90.1 Å². The molecule has 0 atom stereocenters. The minimum absolute atomic E-state index is 0.366. The molecule has 0 spiro atoms. The normalized spacial score (nSPS) is 15.4. The van der Waals surface area contributed by atoms with Gasteiger partial charge in [-0.2, -0.15) is 0 Å². The van der Waals surface area contributed by atoms with E-state index in [0.717, 1.165) is 12.8 Å². The summed E-state index contributed by atoms with van der Waals surface area (Å²) in [4.78, 5) is 17.0. The van der Waals surface area contributed by atoms with Crippen LogP contribution in [0.25, 0.3) is 0 Å². The van der Waals surface area contributed by atoms with Crippen molar-refractivity contribution in [2.45, 2.75) is 38.2 Å². The highest BCUT2D eigenvalue weighted by atomic mass is 16.5. The van der Waals surface area contributed by atoms with E-state index in [1.165, 1.54) is 19.3 Å². The summed E-state index contributed by atoms with van der Waals surface area (Å²) in [5.74, 6) is 5.07. The van der Waals surface area contributed by atoms with Gasteiger partial charge in [0, 0.05) is 12.4 Å². The van der Waals surface area contributed by atoms with Crippen molar-refractivity contribution in [2.24, 2.45) is 5.84 Å². The van der Waals surface area contributed by atoms with Gasteiger partial charge in [-0.1, -0.05) is 6.42 Å². The summed E-state index contributed by atoms with van der Waals surface area (Å²) < 4.78 is 5.68. The molecular formula is C11H18N4O2. The number of hydrazine groups is 1. The maximum atomic E-state index is 8.94. The van der Waals surface area contributed by atoms with Gasteiger partial charge in [0.2, 0.25) is 12.3 Å². The Balaban J connectivity index is 0.000000317. The molecule has 6 heteroatoms. The van der Waals surface area contributed by atoms with Gasteiger partial charge >= 0.3 is 0 Å². The summed E-state index contributed by atoms with van der Waals surface area (Å²) in [7, 11) is 0. The van der Waals surface area contributed by atoms with Crippen LogP contribution in [-0.2, 0) is 4.79 Å². The molecule has 1 heterocycles. The van der Waals surface area contributed by atoms with Gasteiger partial charge < -0.3 is 4.74 Å². The number of hydrogen-bond acceptors (Lipinski definition) is 5. The van der Waals surface area contributed by atoms with Crippen molar-refractivity contribution >= 4 is 6.41 Å². The van der Waals surface area contributed by atoms with Gasteiger partial charge in [0.05, 0.1) is 6.20 Å². The Morgan fingerprint density at radius 3 is 2.59 bits per heavy atom. The molecule has 94 valence electrons. The largest absolute Gasteiger partial charge is 0.473 e. The van der Waals surface area contributed by atoms with E-state index >= 15 is 0 Å². The number of nitrogens with zero attached hydrogens (tertiary/aromatic N) is 2. The zero-order valence-corrected chi connectivity index (χ0v) is 9.71. The average Bonchev–Trinajstić information content (AvgIpc) is 2.41. The smallest absolute Gasteiger partial charge is 0.232 e. The number of hydrogen-bond donors (Lipinski definition) is 2. The first-order chi connectivity index (χ1) is 8.36. The highest BCUT2D eigenvalue weighted by Crippen LogP contribution is 2.21. The van der Waals surface area contributed by atoms with Crippen molar-refractivity contribution in [3.63, 3.8) is 0 Å². The molecule has 3 N–H and O–H groups in total. The van der Waals surface area contributed by atoms with Crippen molar-refractivity contribution < 1.29 is 9.53 Å². The van der Waals surface area contributed by atoms with Crippen LogP contribution in [0.1, 0.15) is 32.1 Å². The van der Waals surface area contributed by atoms with Gasteiger partial charge in [-0.3, -0.25) is 15.2 Å². The SMILES string of the molecule is NNC=O.c1cnc(OC2CCCCC2)cn1. The van der Waals surface area contributed by atoms with Crippen LogP contribution >= 0.6 is 0 Å². The highest BCUT2D eigenvalue weighted by Gasteiger charge is 2.14. The molecule has 6 nitrogen and oxygen atoms in total. The van der Waals surface area contributed by atoms with E-state index in [-0.39, 0.29) is 0 Å². The number of carbonyl (C=O) groups is 1. The van der Waals surface area contributed by atoms with Gasteiger partial charge in [0.25, 0.3) is 0 Å². The molecule has 0 unspecified atom stereocenters. The van der Waals surface area contributed by atoms with E-state index in [9.17, 15) is 0 Å². The number of carbonyl (C=O) groups excluding carboxylic acids is 1. The second-order valence-electron chi connectivity index (χ2n) is 3.71. The lowest BCUT2D eigenvalue weighted by Crippen LogP contribution is -2.20. The number of amides is 1. The third-order valence-corrected chi connectivity index (χ3v) is 2.45. The number of nitrogens with two attached hydrogens (primary N) is 1. The fraction of sp³-hybridized carbons (Fsp3) is 0.545. The fourth-order valence-electron chi connectivity index (χ4n) is 1.70. The molecule has 1 aromatic rings. The molecule has 1 amide bonds. The first-order valence-electron chi connectivity index (χ1n) is 5.69. The zero-order valence-electron chi connectivity index (χ0n) is 9.71. The van der Waals surface area contributed by atoms with E-state index in [0.29, 0.717) is 18.4 Å². The minimum atomic E-state index is 0.366. The van der Waals surface area contributed by atoms with E-state index in [1.807, 2.05) is 0 Å². The molecule has 1 fully saturated rings. The monoisotopic (exact) mass is 238 g/mol. The predicted octanol–water partition coefficient (Wildman–Crippen LogP) is 0.794. The quantitative estimate of drug-likeness (QED) is 0.352. The molecular weight excluding hydrogens is 220 g/mol. The lowest BCUT2D eigenvalue weighted by Gasteiger charge is -2.21. The van der Waals surface area contributed by atoms with Gasteiger partial charge in [0.1, 0.15) is 6.10 Å². The Morgan fingerprint density at radius 2 is 2.06 bits per heavy atom. The lowest BCUT2D eigenvalue weighted by molar-refractivity contribution is -0.109. The Hall–Kier alpha value is -1.69. The van der Waals surface area contributed by atoms with Crippen molar-refractivity contribution in [2.75, 3.05) is 0 Å². The van der Waals surface area contributed by atoms with Gasteiger partial charge in [-0.15, -0.1) is 0 Å². The molecule has 1 aliphatic carbocycles. The Labute approximate surface area is 101 Å². The first-order valence-corrected chi connectivity index (χ1v) is 5.69. The molecule has 0 radical (unpaired) electrons. The summed E-state index contributed by atoms with van der Waals surface area (Å²) >= 11 is 0. The molecule has 17 heavy (non-hydrogen) atoms. The van der Waals surface area contributed by atoms with Gasteiger partial charge in [0.15, 0.2) is 0 Å². The summed E-state index contributed by atoms with van der Waals surface area (Å²) in [6.07, 6.45) is 12.0. The number of rotatable bonds is 3. The van der Waals surface area contributed by atoms with Crippen molar-refractivity contribution in [1.29, 1.82) is 0 Å². The second kappa shape index (κ2) is 8.46. The molecule has 1 saturated carbocycles. The summed E-state index contributed by atoms with van der Waals surface area (Å²) in [5.41, 5.74) is 1.75. The molecule has 2 rings (SSSR count). The van der Waals surface area contributed by atoms with Crippen molar-refractivity contribution in [1.82, 2.24) is 15.4 Å². The van der Waals surface area contributed by atoms with Crippen molar-refractivity contribution in [3.8, 4) is 5.88 Å². The number of ether oxygens (including phenoxy) is 1. The molecule has 0 aromatic carbocycles. The van der Waals surface area contributed by atoms with Crippen LogP contribution in [-0.4, -0.2) is 22.5 Å². The van der Waals surface area contributed by atoms with Gasteiger partial charge in [-0.25, -0.2) is 10.8 Å². The van der Waals surface area contributed by atoms with Crippen LogP contribution < -0.4 is 16.0 Å². The van der Waals surface area contributed by atoms with Crippen LogP contribution in [0.4, 0.5) is 0 Å². The minimum Gasteiger partial charge on any atom is -0.473 e. The van der Waals surface area contributed by atoms with Crippen LogP contribution in [0.3, 0.4) is 0 Å². The fourth-order valence-corrected chi connectivity index (χ4v) is 1.70. The maximum Gasteiger partial charge on any atom is 0.232 e. The predicted molar refractivity (Wildman–Crippen MR) is 62.9 cm³/mol. The third-order valence-electron chi connectivity index (χ3n) is 2.45. The summed E-state index contributed by atoms with van der Waals surface area (Å²) in [5, 5.41) is 0. The van der Waals surface area contributed by atoms with Crippen LogP contribution in [0.5, 0.6) is 5.88 Å². The molecule has 0 bridgehead atoms. The molecule has 1 aromatic heterocycles. The third kappa shape index (κ3) is 5.82. The van der Waals surface area contributed by atoms with E-state index in [2.05, 4.69) is 15.8 Å². The maximum absolute atomic E-state index is 8.94. The van der Waals surface area contributed by atoms with E-state index in [4.69, 9.17) is 9.53 Å². The molecule has 0 aliphatic heterocycles. The summed E-state index contributed by atoms with van der Waals surface area (Å²) in [6.45, 7) is 0. The van der Waals surface area contributed by atoms with E-state index < -0.39 is 0 Å². The van der Waals surface area contributed by atoms with Gasteiger partial charge in [-0.05, 0) is 25.7 Å². The zero-order chi connectivity index (χ0) is 12.3. The van der Waals surface area contributed by atoms with E-state index in [1.54, 1.807) is 24.0 Å². The Bertz CT molecular complexity index is 302. The van der Waals surface area contributed by atoms with Crippen molar-refractivity contribution in [3.05, 3.63) is 18.6 Å². The molecule has 1 aliphatic rings. The number of aromatic nitrogens is 2. The highest BCUT2D eigenvalue weighted by molar-refractivity contribution is 5.44. The summed E-state index contributed by atoms with van der Waals surface area (Å²) in [6, 6.07) is 0. The standard InChI is InChI=1S/C10H14N2O.CH4N2O/c1-2-4-9(5-3-1)13-10-8-11-6-7-12-10;2-3-1-4/h6-9H,1-5H2;1H,2H2,(H,3,4). The second-order valence-corrected chi connectivity index (χ2v) is 3.71. The van der Waals surface area contributed by atoms with Crippen LogP contribution in [0, 0.1) is 0 Å². The lowest BCUT2D eigenvalue weighted by atomic mass is 9.98. The molecule has 0 saturated heterocycles. The van der Waals surface area contributed by atoms with Crippen LogP contribution in [0.2, 0.25) is 0 Å². The Kier molecular flexibility index (Phi) is 6.66. The number of nitrogens with one attached hydrogen (secondary N) is 1.